The number of nitrogens with one attached hydrogen (secondary N) is 1. The molecule has 1 aliphatic rings. The van der Waals surface area contributed by atoms with E-state index in [0.29, 0.717) is 12.2 Å². The van der Waals surface area contributed by atoms with Crippen LogP contribution in [-0.2, 0) is 0 Å². The van der Waals surface area contributed by atoms with Crippen molar-refractivity contribution < 1.29 is 4.79 Å². The summed E-state index contributed by atoms with van der Waals surface area (Å²) in [4.78, 5) is 19.3. The molecule has 1 N–H and O–H groups in total. The summed E-state index contributed by atoms with van der Waals surface area (Å²) in [5.74, 6) is 0.689. The van der Waals surface area contributed by atoms with E-state index in [1.165, 1.54) is 18.4 Å². The van der Waals surface area contributed by atoms with Crippen LogP contribution in [0.2, 0.25) is 0 Å². The predicted octanol–water partition coefficient (Wildman–Crippen LogP) is 3.59. The number of carbonyl (C=O) groups is 1. The van der Waals surface area contributed by atoms with E-state index in [9.17, 15) is 4.79 Å². The number of benzene rings is 1. The maximum Gasteiger partial charge on any atom is 0.269 e. The van der Waals surface area contributed by atoms with E-state index in [2.05, 4.69) is 46.4 Å². The number of rotatable bonds is 5. The molecule has 1 atom stereocenters. The highest BCUT2D eigenvalue weighted by atomic mass is 16.1. The molecule has 0 saturated carbocycles. The largest absolute Gasteiger partial charge is 0.349 e. The molecule has 2 heterocycles. The average molecular weight is 337 g/mol. The maximum atomic E-state index is 12.5. The van der Waals surface area contributed by atoms with Gasteiger partial charge in [0.1, 0.15) is 5.69 Å². The molecule has 1 amide bonds. The van der Waals surface area contributed by atoms with Crippen molar-refractivity contribution in [3.05, 3.63) is 65.5 Å². The Hall–Kier alpha value is -2.20. The minimum atomic E-state index is -0.102. The summed E-state index contributed by atoms with van der Waals surface area (Å²) < 4.78 is 0. The minimum Gasteiger partial charge on any atom is -0.349 e. The highest BCUT2D eigenvalue weighted by molar-refractivity contribution is 5.92. The van der Waals surface area contributed by atoms with Gasteiger partial charge in [-0.05, 0) is 56.5 Å². The number of amides is 1. The molecule has 1 aromatic carbocycles. The molecule has 4 nitrogen and oxygen atoms in total. The third-order valence-electron chi connectivity index (χ3n) is 5.02. The highest BCUT2D eigenvalue weighted by Crippen LogP contribution is 2.26. The molecule has 1 unspecified atom stereocenters. The van der Waals surface area contributed by atoms with Crippen molar-refractivity contribution in [2.45, 2.75) is 32.7 Å². The zero-order valence-electron chi connectivity index (χ0n) is 15.1. The molecular formula is C21H27N3O. The van der Waals surface area contributed by atoms with Crippen LogP contribution in [0, 0.1) is 12.8 Å². The summed E-state index contributed by atoms with van der Waals surface area (Å²) >= 11 is 0. The number of aromatic nitrogens is 1. The Bertz CT molecular complexity index is 693. The van der Waals surface area contributed by atoms with Crippen LogP contribution in [-0.4, -0.2) is 35.4 Å². The SMILES string of the molecule is Cc1cccc(C(=O)NCC(c2ccccc2)N2CCC(C)CC2)n1. The normalized spacial score (nSPS) is 17.2. The molecule has 3 rings (SSSR count). The summed E-state index contributed by atoms with van der Waals surface area (Å²) in [6.45, 7) is 6.99. The summed E-state index contributed by atoms with van der Waals surface area (Å²) in [7, 11) is 0. The highest BCUT2D eigenvalue weighted by Gasteiger charge is 2.25. The predicted molar refractivity (Wildman–Crippen MR) is 100 cm³/mol. The summed E-state index contributed by atoms with van der Waals surface area (Å²) in [6.07, 6.45) is 2.44. The van der Waals surface area contributed by atoms with E-state index >= 15 is 0 Å². The topological polar surface area (TPSA) is 45.2 Å². The fraction of sp³-hybridized carbons (Fsp3) is 0.429. The third-order valence-corrected chi connectivity index (χ3v) is 5.02. The Labute approximate surface area is 150 Å². The first-order chi connectivity index (χ1) is 12.1. The molecular weight excluding hydrogens is 310 g/mol. The molecule has 25 heavy (non-hydrogen) atoms. The number of piperidine rings is 1. The zero-order chi connectivity index (χ0) is 17.6. The van der Waals surface area contributed by atoms with E-state index in [1.54, 1.807) is 6.07 Å². The first kappa shape index (κ1) is 17.6. The molecule has 1 aromatic heterocycles. The Morgan fingerprint density at radius 2 is 1.88 bits per heavy atom. The van der Waals surface area contributed by atoms with Crippen LogP contribution in [0.4, 0.5) is 0 Å². The van der Waals surface area contributed by atoms with Gasteiger partial charge < -0.3 is 5.32 Å². The van der Waals surface area contributed by atoms with Gasteiger partial charge in [0.05, 0.1) is 6.04 Å². The van der Waals surface area contributed by atoms with Crippen molar-refractivity contribution in [1.82, 2.24) is 15.2 Å². The number of carbonyl (C=O) groups excluding carboxylic acids is 1. The van der Waals surface area contributed by atoms with Crippen molar-refractivity contribution in [2.24, 2.45) is 5.92 Å². The summed E-state index contributed by atoms with van der Waals surface area (Å²) in [5.41, 5.74) is 2.60. The van der Waals surface area contributed by atoms with Crippen molar-refractivity contribution in [1.29, 1.82) is 0 Å². The second-order valence-electron chi connectivity index (χ2n) is 7.02. The van der Waals surface area contributed by atoms with E-state index < -0.39 is 0 Å². The molecule has 0 aliphatic carbocycles. The molecule has 0 radical (unpaired) electrons. The number of aryl methyl sites for hydroxylation is 1. The Kier molecular flexibility index (Phi) is 5.82. The standard InChI is InChI=1S/C21H27N3O/c1-16-11-13-24(14-12-16)20(18-8-4-3-5-9-18)15-22-21(25)19-10-6-7-17(2)23-19/h3-10,16,20H,11-15H2,1-2H3,(H,22,25). The van der Waals surface area contributed by atoms with Crippen molar-refractivity contribution in [3.63, 3.8) is 0 Å². The van der Waals surface area contributed by atoms with Crippen molar-refractivity contribution >= 4 is 5.91 Å². The molecule has 2 aromatic rings. The molecule has 0 spiro atoms. The lowest BCUT2D eigenvalue weighted by Crippen LogP contribution is -2.42. The summed E-state index contributed by atoms with van der Waals surface area (Å²) in [5, 5.41) is 3.09. The van der Waals surface area contributed by atoms with Gasteiger partial charge in [0, 0.05) is 12.2 Å². The van der Waals surface area contributed by atoms with Gasteiger partial charge in [-0.25, -0.2) is 4.98 Å². The van der Waals surface area contributed by atoms with E-state index in [4.69, 9.17) is 0 Å². The quantitative estimate of drug-likeness (QED) is 0.907. The fourth-order valence-electron chi connectivity index (χ4n) is 3.42. The van der Waals surface area contributed by atoms with Gasteiger partial charge in [-0.1, -0.05) is 43.3 Å². The second-order valence-corrected chi connectivity index (χ2v) is 7.02. The Balaban J connectivity index is 1.70. The van der Waals surface area contributed by atoms with Crippen LogP contribution in [0.1, 0.15) is 47.6 Å². The number of nitrogens with zero attached hydrogens (tertiary/aromatic N) is 2. The van der Waals surface area contributed by atoms with Gasteiger partial charge in [0.15, 0.2) is 0 Å². The van der Waals surface area contributed by atoms with Crippen LogP contribution in [0.5, 0.6) is 0 Å². The maximum absolute atomic E-state index is 12.5. The monoisotopic (exact) mass is 337 g/mol. The van der Waals surface area contributed by atoms with Crippen molar-refractivity contribution in [2.75, 3.05) is 19.6 Å². The first-order valence-corrected chi connectivity index (χ1v) is 9.14. The zero-order valence-corrected chi connectivity index (χ0v) is 15.1. The van der Waals surface area contributed by atoms with Gasteiger partial charge in [-0.15, -0.1) is 0 Å². The number of pyridine rings is 1. The van der Waals surface area contributed by atoms with Gasteiger partial charge in [0.2, 0.25) is 0 Å². The van der Waals surface area contributed by atoms with Crippen LogP contribution in [0.15, 0.2) is 48.5 Å². The Morgan fingerprint density at radius 1 is 1.16 bits per heavy atom. The van der Waals surface area contributed by atoms with Crippen molar-refractivity contribution in [3.8, 4) is 0 Å². The number of hydrogen-bond donors (Lipinski definition) is 1. The van der Waals surface area contributed by atoms with Crippen LogP contribution in [0.25, 0.3) is 0 Å². The molecule has 1 aliphatic heterocycles. The lowest BCUT2D eigenvalue weighted by molar-refractivity contribution is 0.0908. The lowest BCUT2D eigenvalue weighted by Gasteiger charge is -2.37. The average Bonchev–Trinajstić information content (AvgIpc) is 2.64. The van der Waals surface area contributed by atoms with Gasteiger partial charge >= 0.3 is 0 Å². The van der Waals surface area contributed by atoms with Gasteiger partial charge in [0.25, 0.3) is 5.91 Å². The molecule has 1 saturated heterocycles. The molecule has 132 valence electrons. The van der Waals surface area contributed by atoms with E-state index in [0.717, 1.165) is 24.7 Å². The van der Waals surface area contributed by atoms with Crippen LogP contribution < -0.4 is 5.32 Å². The van der Waals surface area contributed by atoms with Crippen LogP contribution >= 0.6 is 0 Å². The molecule has 1 fully saturated rings. The lowest BCUT2D eigenvalue weighted by atomic mass is 9.95. The van der Waals surface area contributed by atoms with Gasteiger partial charge in [-0.2, -0.15) is 0 Å². The van der Waals surface area contributed by atoms with E-state index in [-0.39, 0.29) is 11.9 Å². The smallest absolute Gasteiger partial charge is 0.269 e. The number of likely N-dealkylation sites (tertiary alicyclic amines) is 1. The molecule has 4 heteroatoms. The second kappa shape index (κ2) is 8.26. The summed E-state index contributed by atoms with van der Waals surface area (Å²) in [6, 6.07) is 16.2. The number of hydrogen-bond acceptors (Lipinski definition) is 3. The first-order valence-electron chi connectivity index (χ1n) is 9.14. The minimum absolute atomic E-state index is 0.102. The van der Waals surface area contributed by atoms with E-state index in [1.807, 2.05) is 25.1 Å². The Morgan fingerprint density at radius 3 is 2.56 bits per heavy atom. The molecule has 0 bridgehead atoms. The van der Waals surface area contributed by atoms with Gasteiger partial charge in [-0.3, -0.25) is 9.69 Å². The fourth-order valence-corrected chi connectivity index (χ4v) is 3.42. The third kappa shape index (κ3) is 4.67. The van der Waals surface area contributed by atoms with Crippen LogP contribution in [0.3, 0.4) is 0 Å².